The molecule has 0 bridgehead atoms. The van der Waals surface area contributed by atoms with E-state index in [-0.39, 0.29) is 23.0 Å². The molecule has 0 unspecified atom stereocenters. The molecule has 0 saturated carbocycles. The van der Waals surface area contributed by atoms with E-state index in [1.165, 1.54) is 18.2 Å². The second kappa shape index (κ2) is 11.9. The summed E-state index contributed by atoms with van der Waals surface area (Å²) in [5.41, 5.74) is 6.05. The van der Waals surface area contributed by atoms with Gasteiger partial charge < -0.3 is 15.2 Å². The molecule has 0 aromatic heterocycles. The fourth-order valence-electron chi connectivity index (χ4n) is 1.80. The summed E-state index contributed by atoms with van der Waals surface area (Å²) >= 11 is 5.68. The quantitative estimate of drug-likeness (QED) is 0.384. The Morgan fingerprint density at radius 1 is 1.24 bits per heavy atom. The van der Waals surface area contributed by atoms with Crippen LogP contribution < -0.4 is 5.73 Å². The van der Waals surface area contributed by atoms with Crippen LogP contribution >= 0.6 is 11.6 Å². The van der Waals surface area contributed by atoms with E-state index in [2.05, 4.69) is 4.74 Å². The molecule has 8 nitrogen and oxygen atoms in total. The monoisotopic (exact) mass is 449 g/mol. The normalized spacial score (nSPS) is 13.0. The molecule has 0 spiro atoms. The third kappa shape index (κ3) is 13.0. The molecule has 0 fully saturated rings. The summed E-state index contributed by atoms with van der Waals surface area (Å²) in [5, 5.41) is -0.132. The molecule has 10 heteroatoms. The number of hydrogen-bond acceptors (Lipinski definition) is 7. The lowest BCUT2D eigenvalue weighted by Crippen LogP contribution is -2.29. The van der Waals surface area contributed by atoms with Crippen molar-refractivity contribution in [1.29, 1.82) is 0 Å². The zero-order valence-corrected chi connectivity index (χ0v) is 18.7. The summed E-state index contributed by atoms with van der Waals surface area (Å²) in [6.07, 6.45) is 1.23. The van der Waals surface area contributed by atoms with Crippen LogP contribution in [0, 0.1) is 6.92 Å². The van der Waals surface area contributed by atoms with Crippen LogP contribution in [-0.4, -0.2) is 43.2 Å². The van der Waals surface area contributed by atoms with Crippen molar-refractivity contribution < 1.29 is 32.0 Å². The van der Waals surface area contributed by atoms with Crippen molar-refractivity contribution in [3.63, 3.8) is 0 Å². The van der Waals surface area contributed by atoms with E-state index in [4.69, 9.17) is 26.6 Å². The zero-order valence-electron chi connectivity index (χ0n) is 17.1. The number of nitrogens with two attached hydrogens (primary N) is 1. The van der Waals surface area contributed by atoms with Gasteiger partial charge in [-0.15, -0.1) is 0 Å². The van der Waals surface area contributed by atoms with E-state index < -0.39 is 33.7 Å². The SMILES string of the molecule is CCOC(=O)/C(Cl)=C/[C@@H](N)CC(=O)OC(C)(C)C.Cc1ccc(S(=O)(=O)O)cc1. The maximum atomic E-state index is 11.5. The molecular formula is C19H28ClNO7S. The molecular weight excluding hydrogens is 422 g/mol. The fraction of sp³-hybridized carbons (Fsp3) is 0.474. The van der Waals surface area contributed by atoms with Crippen molar-refractivity contribution in [2.75, 3.05) is 6.61 Å². The van der Waals surface area contributed by atoms with Crippen molar-refractivity contribution >= 4 is 33.7 Å². The van der Waals surface area contributed by atoms with E-state index in [1.807, 2.05) is 6.92 Å². The lowest BCUT2D eigenvalue weighted by molar-refractivity contribution is -0.155. The van der Waals surface area contributed by atoms with E-state index in [0.29, 0.717) is 0 Å². The Labute approximate surface area is 176 Å². The molecule has 0 saturated heterocycles. The van der Waals surface area contributed by atoms with E-state index in [0.717, 1.165) is 5.56 Å². The largest absolute Gasteiger partial charge is 0.462 e. The fourth-order valence-corrected chi connectivity index (χ4v) is 2.50. The van der Waals surface area contributed by atoms with Gasteiger partial charge in [-0.3, -0.25) is 9.35 Å². The van der Waals surface area contributed by atoms with Crippen molar-refractivity contribution in [1.82, 2.24) is 0 Å². The molecule has 1 atom stereocenters. The molecule has 3 N–H and O–H groups in total. The van der Waals surface area contributed by atoms with Crippen LogP contribution in [0.15, 0.2) is 40.3 Å². The highest BCUT2D eigenvalue weighted by molar-refractivity contribution is 7.85. The Balaban J connectivity index is 0.000000604. The first-order chi connectivity index (χ1) is 13.2. The maximum Gasteiger partial charge on any atom is 0.349 e. The van der Waals surface area contributed by atoms with Gasteiger partial charge in [-0.2, -0.15) is 8.42 Å². The van der Waals surface area contributed by atoms with Gasteiger partial charge in [0.25, 0.3) is 10.1 Å². The molecule has 0 aliphatic carbocycles. The molecule has 1 aromatic rings. The molecule has 0 aliphatic rings. The van der Waals surface area contributed by atoms with E-state index in [1.54, 1.807) is 39.8 Å². The number of ether oxygens (including phenoxy) is 2. The van der Waals surface area contributed by atoms with Gasteiger partial charge in [0.2, 0.25) is 0 Å². The average molecular weight is 450 g/mol. The summed E-state index contributed by atoms with van der Waals surface area (Å²) < 4.78 is 39.3. The average Bonchev–Trinajstić information content (AvgIpc) is 2.53. The number of aryl methyl sites for hydroxylation is 1. The summed E-state index contributed by atoms with van der Waals surface area (Å²) in [4.78, 5) is 22.6. The topological polar surface area (TPSA) is 133 Å². The zero-order chi connectivity index (χ0) is 22.8. The van der Waals surface area contributed by atoms with Crippen LogP contribution in [0.1, 0.15) is 39.7 Å². The highest BCUT2D eigenvalue weighted by Gasteiger charge is 2.19. The highest BCUT2D eigenvalue weighted by Crippen LogP contribution is 2.11. The molecule has 0 amide bonds. The second-order valence-electron chi connectivity index (χ2n) is 6.98. The Hall–Kier alpha value is -1.94. The molecule has 0 radical (unpaired) electrons. The number of hydrogen-bond donors (Lipinski definition) is 2. The van der Waals surface area contributed by atoms with Crippen LogP contribution in [0.25, 0.3) is 0 Å². The first-order valence-corrected chi connectivity index (χ1v) is 10.5. The smallest absolute Gasteiger partial charge is 0.349 e. The number of benzene rings is 1. The second-order valence-corrected chi connectivity index (χ2v) is 8.81. The first-order valence-electron chi connectivity index (χ1n) is 8.71. The van der Waals surface area contributed by atoms with Gasteiger partial charge in [0.05, 0.1) is 17.9 Å². The number of carbonyl (C=O) groups is 2. The summed E-state index contributed by atoms with van der Waals surface area (Å²) in [6, 6.07) is 5.30. The van der Waals surface area contributed by atoms with Gasteiger partial charge in [0.1, 0.15) is 10.6 Å². The highest BCUT2D eigenvalue weighted by atomic mass is 35.5. The van der Waals surface area contributed by atoms with Crippen LogP contribution in [-0.2, 0) is 29.2 Å². The third-order valence-electron chi connectivity index (χ3n) is 2.97. The van der Waals surface area contributed by atoms with Gasteiger partial charge in [0.15, 0.2) is 0 Å². The Morgan fingerprint density at radius 2 is 1.76 bits per heavy atom. The number of rotatable bonds is 6. The predicted octanol–water partition coefficient (Wildman–Crippen LogP) is 2.97. The Bertz CT molecular complexity index is 812. The third-order valence-corrected chi connectivity index (χ3v) is 4.12. The van der Waals surface area contributed by atoms with Crippen LogP contribution in [0.5, 0.6) is 0 Å². The van der Waals surface area contributed by atoms with Gasteiger partial charge >= 0.3 is 11.9 Å². The number of halogens is 1. The standard InChI is InChI=1S/C12H20ClNO4.C7H8O3S/c1-5-17-11(16)9(13)6-8(14)7-10(15)18-12(2,3)4;1-6-2-4-7(5-3-6)11(8,9)10/h6,8H,5,7,14H2,1-4H3;2-5H,1H3,(H,8,9,10)/b9-6-;/t8-;/m1./s1. The molecule has 0 heterocycles. The van der Waals surface area contributed by atoms with Crippen LogP contribution in [0.2, 0.25) is 0 Å². The van der Waals surface area contributed by atoms with Crippen LogP contribution in [0.4, 0.5) is 0 Å². The molecule has 1 aromatic carbocycles. The first kappa shape index (κ1) is 27.1. The maximum absolute atomic E-state index is 11.5. The van der Waals surface area contributed by atoms with Crippen molar-refractivity contribution in [3.8, 4) is 0 Å². The molecule has 164 valence electrons. The van der Waals surface area contributed by atoms with Crippen LogP contribution in [0.3, 0.4) is 0 Å². The summed E-state index contributed by atoms with van der Waals surface area (Å²) in [5.74, 6) is -1.10. The lowest BCUT2D eigenvalue weighted by Gasteiger charge is -2.20. The number of esters is 2. The van der Waals surface area contributed by atoms with E-state index >= 15 is 0 Å². The van der Waals surface area contributed by atoms with Gasteiger partial charge in [-0.1, -0.05) is 29.3 Å². The number of carbonyl (C=O) groups excluding carboxylic acids is 2. The summed E-state index contributed by atoms with van der Waals surface area (Å²) in [6.45, 7) is 9.02. The minimum atomic E-state index is -4.02. The Kier molecular flexibility index (Phi) is 11.1. The van der Waals surface area contributed by atoms with E-state index in [9.17, 15) is 18.0 Å². The minimum Gasteiger partial charge on any atom is -0.462 e. The molecule has 0 aliphatic heterocycles. The van der Waals surface area contributed by atoms with Crippen molar-refractivity contribution in [2.24, 2.45) is 5.73 Å². The van der Waals surface area contributed by atoms with Gasteiger partial charge in [-0.25, -0.2) is 4.79 Å². The summed E-state index contributed by atoms with van der Waals surface area (Å²) in [7, 11) is -4.02. The lowest BCUT2D eigenvalue weighted by atomic mass is 10.1. The van der Waals surface area contributed by atoms with Gasteiger partial charge in [-0.05, 0) is 52.8 Å². The predicted molar refractivity (Wildman–Crippen MR) is 110 cm³/mol. The molecule has 1 rings (SSSR count). The van der Waals surface area contributed by atoms with Gasteiger partial charge in [0, 0.05) is 6.04 Å². The van der Waals surface area contributed by atoms with Crippen molar-refractivity contribution in [2.45, 2.75) is 57.6 Å². The molecule has 29 heavy (non-hydrogen) atoms. The minimum absolute atomic E-state index is 0.0487. The van der Waals surface area contributed by atoms with Crippen molar-refractivity contribution in [3.05, 3.63) is 40.9 Å². The Morgan fingerprint density at radius 3 is 2.17 bits per heavy atom.